The normalized spacial score (nSPS) is 25.7. The highest BCUT2D eigenvalue weighted by molar-refractivity contribution is 6.36. The van der Waals surface area contributed by atoms with Crippen LogP contribution in [0.4, 0.5) is 5.69 Å². The number of nitrogens with two attached hydrogens (primary N) is 1. The Morgan fingerprint density at radius 1 is 1.04 bits per heavy atom. The summed E-state index contributed by atoms with van der Waals surface area (Å²) in [5, 5.41) is 8.15. The Balaban J connectivity index is 1.77. The van der Waals surface area contributed by atoms with Gasteiger partial charge in [-0.3, -0.25) is 0 Å². The molecule has 132 valence electrons. The monoisotopic (exact) mass is 368 g/mol. The van der Waals surface area contributed by atoms with Gasteiger partial charge in [0.1, 0.15) is 0 Å². The van der Waals surface area contributed by atoms with Crippen LogP contribution in [0.25, 0.3) is 0 Å². The lowest BCUT2D eigenvalue weighted by atomic mass is 9.91. The minimum Gasteiger partial charge on any atom is -0.353 e. The van der Waals surface area contributed by atoms with Gasteiger partial charge in [0.15, 0.2) is 5.96 Å². The molecule has 0 spiro atoms. The number of rotatable bonds is 3. The molecule has 0 heterocycles. The zero-order valence-corrected chi connectivity index (χ0v) is 15.4. The van der Waals surface area contributed by atoms with Crippen molar-refractivity contribution in [2.75, 3.05) is 5.32 Å². The van der Waals surface area contributed by atoms with Crippen LogP contribution in [0.3, 0.4) is 0 Å². The van der Waals surface area contributed by atoms with Crippen molar-refractivity contribution in [3.8, 4) is 0 Å². The molecule has 2 atom stereocenters. The molecule has 6 heteroatoms. The van der Waals surface area contributed by atoms with Crippen LogP contribution in [0.15, 0.2) is 23.2 Å². The van der Waals surface area contributed by atoms with E-state index in [9.17, 15) is 0 Å². The quantitative estimate of drug-likeness (QED) is 0.541. The van der Waals surface area contributed by atoms with Gasteiger partial charge in [0.25, 0.3) is 0 Å². The van der Waals surface area contributed by atoms with Crippen LogP contribution in [0, 0.1) is 0 Å². The third kappa shape index (κ3) is 4.78. The van der Waals surface area contributed by atoms with Crippen LogP contribution in [0.2, 0.25) is 10.0 Å². The van der Waals surface area contributed by atoms with E-state index >= 15 is 0 Å². The fourth-order valence-electron chi connectivity index (χ4n) is 3.55. The Morgan fingerprint density at radius 3 is 2.46 bits per heavy atom. The smallest absolute Gasteiger partial charge is 0.196 e. The van der Waals surface area contributed by atoms with Gasteiger partial charge in [0.05, 0.1) is 16.8 Å². The largest absolute Gasteiger partial charge is 0.353 e. The molecule has 2 saturated carbocycles. The second kappa shape index (κ2) is 8.41. The lowest BCUT2D eigenvalue weighted by Gasteiger charge is -2.27. The number of nitrogens with zero attached hydrogens (tertiary/aromatic N) is 1. The van der Waals surface area contributed by atoms with Gasteiger partial charge in [-0.2, -0.15) is 0 Å². The maximum Gasteiger partial charge on any atom is 0.196 e. The maximum atomic E-state index is 6.31. The van der Waals surface area contributed by atoms with Gasteiger partial charge in [-0.1, -0.05) is 48.9 Å². The van der Waals surface area contributed by atoms with Crippen LogP contribution in [0.5, 0.6) is 0 Å². The van der Waals surface area contributed by atoms with Crippen molar-refractivity contribution >= 4 is 34.8 Å². The molecule has 0 aromatic heterocycles. The molecule has 2 aliphatic rings. The molecule has 2 fully saturated rings. The Hall–Kier alpha value is -0.970. The van der Waals surface area contributed by atoms with Crippen LogP contribution in [0.1, 0.15) is 51.4 Å². The van der Waals surface area contributed by atoms with Gasteiger partial charge in [0.2, 0.25) is 0 Å². The Bertz CT molecular complexity index is 584. The summed E-state index contributed by atoms with van der Waals surface area (Å²) in [5.41, 5.74) is 7.09. The molecule has 2 aliphatic carbocycles. The maximum absolute atomic E-state index is 6.31. The minimum atomic E-state index is 0.140. The first-order valence-corrected chi connectivity index (χ1v) is 9.69. The lowest BCUT2D eigenvalue weighted by Crippen LogP contribution is -2.42. The Kier molecular flexibility index (Phi) is 6.25. The number of benzene rings is 1. The fraction of sp³-hybridized carbons (Fsp3) is 0.611. The molecular formula is C18H26Cl2N4. The highest BCUT2D eigenvalue weighted by Crippen LogP contribution is 2.26. The Morgan fingerprint density at radius 2 is 1.75 bits per heavy atom. The first-order valence-electron chi connectivity index (χ1n) is 8.94. The summed E-state index contributed by atoms with van der Waals surface area (Å²) in [5.74, 6) is 0.786. The third-order valence-corrected chi connectivity index (χ3v) is 5.50. The summed E-state index contributed by atoms with van der Waals surface area (Å²) in [6.45, 7) is 0. The molecule has 0 bridgehead atoms. The average molecular weight is 369 g/mol. The van der Waals surface area contributed by atoms with Gasteiger partial charge in [-0.15, -0.1) is 0 Å². The lowest BCUT2D eigenvalue weighted by molar-refractivity contribution is 0.385. The number of guanidine groups is 1. The summed E-state index contributed by atoms with van der Waals surface area (Å²) in [4.78, 5) is 4.92. The number of hydrogen-bond acceptors (Lipinski definition) is 2. The topological polar surface area (TPSA) is 62.4 Å². The van der Waals surface area contributed by atoms with Crippen molar-refractivity contribution in [2.45, 2.75) is 69.5 Å². The molecule has 1 aromatic rings. The number of aliphatic imine (C=N–C) groups is 1. The molecule has 0 amide bonds. The molecule has 1 aromatic carbocycles. The van der Waals surface area contributed by atoms with Gasteiger partial charge in [0, 0.05) is 17.1 Å². The van der Waals surface area contributed by atoms with Gasteiger partial charge in [-0.25, -0.2) is 4.99 Å². The van der Waals surface area contributed by atoms with E-state index < -0.39 is 0 Å². The van der Waals surface area contributed by atoms with E-state index in [1.54, 1.807) is 6.07 Å². The Labute approximate surface area is 154 Å². The van der Waals surface area contributed by atoms with Crippen molar-refractivity contribution in [1.29, 1.82) is 0 Å². The molecule has 0 aliphatic heterocycles. The summed E-state index contributed by atoms with van der Waals surface area (Å²) in [6.07, 6.45) is 9.41. The van der Waals surface area contributed by atoms with E-state index in [-0.39, 0.29) is 12.1 Å². The van der Waals surface area contributed by atoms with Crippen molar-refractivity contribution in [1.82, 2.24) is 5.32 Å². The van der Waals surface area contributed by atoms with Gasteiger partial charge >= 0.3 is 0 Å². The average Bonchev–Trinajstić information content (AvgIpc) is 3.05. The fourth-order valence-corrected chi connectivity index (χ4v) is 4.01. The van der Waals surface area contributed by atoms with Gasteiger partial charge in [-0.05, 0) is 43.9 Å². The predicted molar refractivity (Wildman–Crippen MR) is 103 cm³/mol. The van der Waals surface area contributed by atoms with Crippen molar-refractivity contribution in [3.63, 3.8) is 0 Å². The highest BCUT2D eigenvalue weighted by Gasteiger charge is 2.23. The van der Waals surface area contributed by atoms with E-state index in [1.165, 1.54) is 38.5 Å². The van der Waals surface area contributed by atoms with E-state index in [1.807, 2.05) is 12.1 Å². The first-order chi connectivity index (χ1) is 11.6. The van der Waals surface area contributed by atoms with E-state index in [0.717, 1.165) is 24.5 Å². The predicted octanol–water partition coefficient (Wildman–Crippen LogP) is 4.56. The second-order valence-corrected chi connectivity index (χ2v) is 7.71. The second-order valence-electron chi connectivity index (χ2n) is 6.87. The summed E-state index contributed by atoms with van der Waals surface area (Å²) < 4.78 is 0. The minimum absolute atomic E-state index is 0.140. The van der Waals surface area contributed by atoms with E-state index in [2.05, 4.69) is 10.6 Å². The number of anilines is 1. The van der Waals surface area contributed by atoms with E-state index in [4.69, 9.17) is 33.9 Å². The van der Waals surface area contributed by atoms with Gasteiger partial charge < -0.3 is 16.4 Å². The SMILES string of the molecule is N[C@H]1CCCC[C@@H]1N=C(Nc1ccc(Cl)cc1Cl)NC1CCCC1. The van der Waals surface area contributed by atoms with Crippen LogP contribution >= 0.6 is 23.2 Å². The molecule has 0 unspecified atom stereocenters. The first kappa shape index (κ1) is 17.8. The zero-order chi connectivity index (χ0) is 16.9. The third-order valence-electron chi connectivity index (χ3n) is 4.96. The van der Waals surface area contributed by atoms with Crippen LogP contribution in [-0.4, -0.2) is 24.1 Å². The highest BCUT2D eigenvalue weighted by atomic mass is 35.5. The standard InChI is InChI=1S/C18H26Cl2N4/c19-12-9-10-16(14(20)11-12)23-18(22-13-5-1-2-6-13)24-17-8-4-3-7-15(17)21/h9-11,13,15,17H,1-8,21H2,(H2,22,23,24)/t15-,17-/m0/s1. The van der Waals surface area contributed by atoms with Crippen LogP contribution < -0.4 is 16.4 Å². The summed E-state index contributed by atoms with van der Waals surface area (Å²) in [7, 11) is 0. The van der Waals surface area contributed by atoms with Crippen molar-refractivity contribution < 1.29 is 0 Å². The molecule has 24 heavy (non-hydrogen) atoms. The van der Waals surface area contributed by atoms with Crippen molar-refractivity contribution in [2.24, 2.45) is 10.7 Å². The number of nitrogens with one attached hydrogen (secondary N) is 2. The van der Waals surface area contributed by atoms with Crippen LogP contribution in [-0.2, 0) is 0 Å². The van der Waals surface area contributed by atoms with Crippen molar-refractivity contribution in [3.05, 3.63) is 28.2 Å². The molecule has 0 saturated heterocycles. The molecule has 0 radical (unpaired) electrons. The summed E-state index contributed by atoms with van der Waals surface area (Å²) in [6, 6.07) is 6.24. The molecule has 3 rings (SSSR count). The molecular weight excluding hydrogens is 343 g/mol. The van der Waals surface area contributed by atoms with E-state index in [0.29, 0.717) is 16.1 Å². The molecule has 4 N–H and O–H groups in total. The summed E-state index contributed by atoms with van der Waals surface area (Å²) >= 11 is 12.3. The zero-order valence-electron chi connectivity index (χ0n) is 13.9. The molecule has 4 nitrogen and oxygen atoms in total. The number of halogens is 2. The number of hydrogen-bond donors (Lipinski definition) is 3.